The van der Waals surface area contributed by atoms with Crippen LogP contribution in [0.1, 0.15) is 70.6 Å². The summed E-state index contributed by atoms with van der Waals surface area (Å²) in [6, 6.07) is 0.752. The Morgan fingerprint density at radius 1 is 1.00 bits per heavy atom. The van der Waals surface area contributed by atoms with E-state index in [2.05, 4.69) is 10.2 Å². The maximum absolute atomic E-state index is 9.30. The number of aliphatic hydroxyl groups is 1. The molecular weight excluding hydrogens is 260 g/mol. The minimum absolute atomic E-state index is 0.368. The highest BCUT2D eigenvalue weighted by molar-refractivity contribution is 4.74. The van der Waals surface area contributed by atoms with Crippen molar-refractivity contribution in [3.05, 3.63) is 0 Å². The Morgan fingerprint density at radius 2 is 1.86 bits per heavy atom. The summed E-state index contributed by atoms with van der Waals surface area (Å²) in [7, 11) is 0. The Bertz CT molecular complexity index is 248. The fraction of sp³-hybridized carbons (Fsp3) is 1.00. The Hall–Kier alpha value is -0.120. The predicted octanol–water partition coefficient (Wildman–Crippen LogP) is 3.17. The number of nitrogens with zero attached hydrogens (tertiary/aromatic N) is 1. The van der Waals surface area contributed by atoms with Gasteiger partial charge >= 0.3 is 0 Å². The Kier molecular flexibility index (Phi) is 8.68. The van der Waals surface area contributed by atoms with E-state index >= 15 is 0 Å². The van der Waals surface area contributed by atoms with Gasteiger partial charge in [0.05, 0.1) is 0 Å². The van der Waals surface area contributed by atoms with Gasteiger partial charge in [0, 0.05) is 12.6 Å². The molecule has 2 unspecified atom stereocenters. The van der Waals surface area contributed by atoms with Gasteiger partial charge in [0.25, 0.3) is 0 Å². The minimum atomic E-state index is 0.368. The highest BCUT2D eigenvalue weighted by atomic mass is 16.3. The van der Waals surface area contributed by atoms with Crippen LogP contribution in [0.15, 0.2) is 0 Å². The highest BCUT2D eigenvalue weighted by Gasteiger charge is 2.16. The van der Waals surface area contributed by atoms with Gasteiger partial charge < -0.3 is 15.3 Å². The zero-order valence-electron chi connectivity index (χ0n) is 13.9. The topological polar surface area (TPSA) is 35.5 Å². The molecule has 3 heteroatoms. The Morgan fingerprint density at radius 3 is 2.57 bits per heavy atom. The van der Waals surface area contributed by atoms with Crippen molar-refractivity contribution in [2.75, 3.05) is 32.8 Å². The highest BCUT2D eigenvalue weighted by Crippen LogP contribution is 2.22. The van der Waals surface area contributed by atoms with E-state index < -0.39 is 0 Å². The standard InChI is InChI=1S/C18H36N2O/c21-16-11-17(9-10-18-8-2-3-12-19-18)7-6-15-20-13-4-1-5-14-20/h17-19,21H,1-16H2. The molecule has 21 heavy (non-hydrogen) atoms. The van der Waals surface area contributed by atoms with Gasteiger partial charge in [0.15, 0.2) is 0 Å². The number of likely N-dealkylation sites (tertiary alicyclic amines) is 1. The quantitative estimate of drug-likeness (QED) is 0.686. The molecule has 2 aliphatic rings. The van der Waals surface area contributed by atoms with Crippen molar-refractivity contribution < 1.29 is 5.11 Å². The lowest BCUT2D eigenvalue weighted by atomic mass is 9.90. The molecule has 2 N–H and O–H groups in total. The average molecular weight is 296 g/mol. The first kappa shape index (κ1) is 17.2. The molecule has 0 aliphatic carbocycles. The summed E-state index contributed by atoms with van der Waals surface area (Å²) in [5, 5.41) is 12.9. The second-order valence-electron chi connectivity index (χ2n) is 7.15. The van der Waals surface area contributed by atoms with Gasteiger partial charge in [-0.05, 0) is 89.9 Å². The third-order valence-corrected chi connectivity index (χ3v) is 5.41. The van der Waals surface area contributed by atoms with Gasteiger partial charge in [-0.15, -0.1) is 0 Å². The van der Waals surface area contributed by atoms with Crippen molar-refractivity contribution in [3.63, 3.8) is 0 Å². The van der Waals surface area contributed by atoms with Crippen LogP contribution in [0.3, 0.4) is 0 Å². The molecule has 0 bridgehead atoms. The summed E-state index contributed by atoms with van der Waals surface area (Å²) in [4.78, 5) is 2.64. The van der Waals surface area contributed by atoms with Gasteiger partial charge in [-0.1, -0.05) is 12.8 Å². The van der Waals surface area contributed by atoms with Crippen LogP contribution < -0.4 is 5.32 Å². The van der Waals surface area contributed by atoms with E-state index in [9.17, 15) is 5.11 Å². The minimum Gasteiger partial charge on any atom is -0.396 e. The summed E-state index contributed by atoms with van der Waals surface area (Å²) in [6.07, 6.45) is 14.6. The van der Waals surface area contributed by atoms with Crippen LogP contribution in [-0.4, -0.2) is 48.8 Å². The Labute approximate surface area is 131 Å². The van der Waals surface area contributed by atoms with Crippen LogP contribution >= 0.6 is 0 Å². The molecular formula is C18H36N2O. The fourth-order valence-corrected chi connectivity index (χ4v) is 4.01. The van der Waals surface area contributed by atoms with Crippen molar-refractivity contribution in [2.45, 2.75) is 76.7 Å². The van der Waals surface area contributed by atoms with Crippen molar-refractivity contribution in [2.24, 2.45) is 5.92 Å². The Balaban J connectivity index is 1.58. The van der Waals surface area contributed by atoms with Gasteiger partial charge in [-0.2, -0.15) is 0 Å². The van der Waals surface area contributed by atoms with Gasteiger partial charge in [-0.25, -0.2) is 0 Å². The van der Waals surface area contributed by atoms with Crippen molar-refractivity contribution >= 4 is 0 Å². The molecule has 0 saturated carbocycles. The summed E-state index contributed by atoms with van der Waals surface area (Å²) >= 11 is 0. The molecule has 2 rings (SSSR count). The van der Waals surface area contributed by atoms with Crippen LogP contribution in [-0.2, 0) is 0 Å². The van der Waals surface area contributed by atoms with Crippen LogP contribution in [0.5, 0.6) is 0 Å². The molecule has 0 aromatic rings. The van der Waals surface area contributed by atoms with E-state index in [1.807, 2.05) is 0 Å². The van der Waals surface area contributed by atoms with Crippen molar-refractivity contribution in [1.29, 1.82) is 0 Å². The number of rotatable bonds is 9. The molecule has 2 saturated heterocycles. The van der Waals surface area contributed by atoms with Crippen molar-refractivity contribution in [3.8, 4) is 0 Å². The molecule has 0 radical (unpaired) electrons. The average Bonchev–Trinajstić information content (AvgIpc) is 2.54. The van der Waals surface area contributed by atoms with Gasteiger partial charge in [0.2, 0.25) is 0 Å². The lowest BCUT2D eigenvalue weighted by molar-refractivity contribution is 0.205. The number of hydrogen-bond acceptors (Lipinski definition) is 3. The molecule has 2 aliphatic heterocycles. The van der Waals surface area contributed by atoms with Crippen LogP contribution in [0.25, 0.3) is 0 Å². The van der Waals surface area contributed by atoms with Crippen LogP contribution in [0.4, 0.5) is 0 Å². The number of hydrogen-bond donors (Lipinski definition) is 2. The van der Waals surface area contributed by atoms with E-state index in [0.717, 1.165) is 18.4 Å². The molecule has 0 amide bonds. The largest absolute Gasteiger partial charge is 0.396 e. The second-order valence-corrected chi connectivity index (χ2v) is 7.15. The number of piperidine rings is 2. The molecule has 3 nitrogen and oxygen atoms in total. The van der Waals surface area contributed by atoms with Gasteiger partial charge in [0.1, 0.15) is 0 Å². The molecule has 2 fully saturated rings. The van der Waals surface area contributed by atoms with Crippen molar-refractivity contribution in [1.82, 2.24) is 10.2 Å². The molecule has 2 heterocycles. The zero-order chi connectivity index (χ0) is 14.8. The lowest BCUT2D eigenvalue weighted by Gasteiger charge is -2.28. The van der Waals surface area contributed by atoms with E-state index in [0.29, 0.717) is 6.61 Å². The maximum atomic E-state index is 9.30. The van der Waals surface area contributed by atoms with Crippen LogP contribution in [0, 0.1) is 5.92 Å². The third kappa shape index (κ3) is 7.12. The lowest BCUT2D eigenvalue weighted by Crippen LogP contribution is -2.34. The first-order chi connectivity index (χ1) is 10.4. The van der Waals surface area contributed by atoms with E-state index in [1.165, 1.54) is 90.4 Å². The monoisotopic (exact) mass is 296 g/mol. The number of aliphatic hydroxyl groups excluding tert-OH is 1. The van der Waals surface area contributed by atoms with E-state index in [-0.39, 0.29) is 0 Å². The normalized spacial score (nSPS) is 25.9. The second kappa shape index (κ2) is 10.6. The van der Waals surface area contributed by atoms with Crippen LogP contribution in [0.2, 0.25) is 0 Å². The number of nitrogens with one attached hydrogen (secondary N) is 1. The molecule has 2 atom stereocenters. The maximum Gasteiger partial charge on any atom is 0.0433 e. The smallest absolute Gasteiger partial charge is 0.0433 e. The molecule has 0 aromatic carbocycles. The first-order valence-corrected chi connectivity index (χ1v) is 9.45. The summed E-state index contributed by atoms with van der Waals surface area (Å²) in [5.74, 6) is 0.739. The SMILES string of the molecule is OCCC(CCCN1CCCCC1)CCC1CCCCN1. The molecule has 124 valence electrons. The third-order valence-electron chi connectivity index (χ3n) is 5.41. The molecule has 0 aromatic heterocycles. The predicted molar refractivity (Wildman–Crippen MR) is 89.6 cm³/mol. The summed E-state index contributed by atoms with van der Waals surface area (Å²) in [6.45, 7) is 5.49. The van der Waals surface area contributed by atoms with E-state index in [4.69, 9.17) is 0 Å². The van der Waals surface area contributed by atoms with Gasteiger partial charge in [-0.3, -0.25) is 0 Å². The fourth-order valence-electron chi connectivity index (χ4n) is 4.01. The first-order valence-electron chi connectivity index (χ1n) is 9.45. The zero-order valence-corrected chi connectivity index (χ0v) is 13.9. The van der Waals surface area contributed by atoms with E-state index in [1.54, 1.807) is 0 Å². The summed E-state index contributed by atoms with van der Waals surface area (Å²) < 4.78 is 0. The summed E-state index contributed by atoms with van der Waals surface area (Å²) in [5.41, 5.74) is 0. The molecule has 0 spiro atoms.